The molecule has 232 valence electrons. The van der Waals surface area contributed by atoms with Gasteiger partial charge in [0.15, 0.2) is 11.7 Å². The van der Waals surface area contributed by atoms with Crippen LogP contribution in [0, 0.1) is 0 Å². The van der Waals surface area contributed by atoms with E-state index in [1.165, 1.54) is 24.3 Å². The third-order valence-electron chi connectivity index (χ3n) is 7.00. The van der Waals surface area contributed by atoms with Gasteiger partial charge in [0.1, 0.15) is 37.2 Å². The van der Waals surface area contributed by atoms with Crippen molar-refractivity contribution in [2.75, 3.05) is 38.3 Å². The number of oxazole rings is 1. The molecular weight excluding hydrogens is 583 g/mol. The van der Waals surface area contributed by atoms with E-state index in [1.807, 2.05) is 24.3 Å². The van der Waals surface area contributed by atoms with E-state index in [2.05, 4.69) is 4.98 Å². The van der Waals surface area contributed by atoms with Crippen molar-refractivity contribution >= 4 is 29.1 Å². The second-order valence-electron chi connectivity index (χ2n) is 10.2. The molecular formula is C31H30F3N3O7. The number of nitrogens with zero attached hydrogens (tertiary/aromatic N) is 3. The number of cyclic esters (lactones) is 1. The van der Waals surface area contributed by atoms with Crippen LogP contribution in [-0.4, -0.2) is 78.7 Å². The predicted molar refractivity (Wildman–Crippen MR) is 152 cm³/mol. The van der Waals surface area contributed by atoms with Crippen molar-refractivity contribution in [2.24, 2.45) is 0 Å². The van der Waals surface area contributed by atoms with Gasteiger partial charge in [0.25, 0.3) is 11.9 Å². The third-order valence-corrected chi connectivity index (χ3v) is 7.00. The number of amides is 2. The van der Waals surface area contributed by atoms with Gasteiger partial charge in [0, 0.05) is 7.05 Å². The monoisotopic (exact) mass is 613 g/mol. The highest BCUT2D eigenvalue weighted by atomic mass is 19.4. The summed E-state index contributed by atoms with van der Waals surface area (Å²) in [6, 6.07) is 21.8. The van der Waals surface area contributed by atoms with E-state index < -0.39 is 43.0 Å². The Hall–Kier alpha value is -4.62. The summed E-state index contributed by atoms with van der Waals surface area (Å²) in [7, 11) is 1.80. The van der Waals surface area contributed by atoms with E-state index in [0.29, 0.717) is 23.9 Å². The average Bonchev–Trinajstić information content (AvgIpc) is 3.60. The number of rotatable bonds is 12. The summed E-state index contributed by atoms with van der Waals surface area (Å²) in [5.74, 6) is -0.718. The number of anilines is 1. The molecule has 0 radical (unpaired) electrons. The van der Waals surface area contributed by atoms with Crippen LogP contribution in [0.4, 0.5) is 24.0 Å². The number of fused-ring (bicyclic) bond motifs is 1. The molecule has 5 rings (SSSR count). The number of hydrogen-bond acceptors (Lipinski definition) is 9. The number of para-hydroxylation sites is 2. The Balaban J connectivity index is 1.24. The molecule has 1 saturated heterocycles. The number of halogens is 3. The van der Waals surface area contributed by atoms with Gasteiger partial charge in [0.2, 0.25) is 0 Å². The van der Waals surface area contributed by atoms with Crippen molar-refractivity contribution < 1.29 is 46.5 Å². The summed E-state index contributed by atoms with van der Waals surface area (Å²) in [5.41, 5.74) is 2.27. The number of imide groups is 1. The maximum atomic E-state index is 13.5. The van der Waals surface area contributed by atoms with E-state index in [4.69, 9.17) is 18.6 Å². The van der Waals surface area contributed by atoms with Crippen LogP contribution in [0.5, 0.6) is 5.75 Å². The lowest BCUT2D eigenvalue weighted by Gasteiger charge is -2.28. The topological polar surface area (TPSA) is 115 Å². The van der Waals surface area contributed by atoms with Crippen LogP contribution in [0.15, 0.2) is 83.3 Å². The Kier molecular flexibility index (Phi) is 9.35. The second kappa shape index (κ2) is 13.3. The summed E-state index contributed by atoms with van der Waals surface area (Å²) in [6.07, 6.45) is -9.44. The van der Waals surface area contributed by atoms with Gasteiger partial charge in [-0.25, -0.2) is 9.69 Å². The van der Waals surface area contributed by atoms with Gasteiger partial charge < -0.3 is 28.6 Å². The lowest BCUT2D eigenvalue weighted by atomic mass is 10.0. The van der Waals surface area contributed by atoms with Gasteiger partial charge in [-0.2, -0.15) is 18.2 Å². The fourth-order valence-corrected chi connectivity index (χ4v) is 4.74. The van der Waals surface area contributed by atoms with Crippen LogP contribution in [0.1, 0.15) is 17.2 Å². The molecule has 2 heterocycles. The Morgan fingerprint density at radius 2 is 1.80 bits per heavy atom. The highest BCUT2D eigenvalue weighted by Gasteiger charge is 2.45. The molecule has 13 heteroatoms. The number of likely N-dealkylation sites (N-methyl/N-ethyl adjacent to an activating group) is 1. The normalized spacial score (nSPS) is 16.5. The Labute approximate surface area is 250 Å². The lowest BCUT2D eigenvalue weighted by Crippen LogP contribution is -2.49. The van der Waals surface area contributed by atoms with Gasteiger partial charge in [-0.3, -0.25) is 4.79 Å². The first-order valence-electron chi connectivity index (χ1n) is 13.8. The molecule has 1 fully saturated rings. The van der Waals surface area contributed by atoms with Crippen LogP contribution in [0.25, 0.3) is 11.1 Å². The molecule has 0 bridgehead atoms. The van der Waals surface area contributed by atoms with Gasteiger partial charge in [-0.1, -0.05) is 54.6 Å². The zero-order chi connectivity index (χ0) is 31.3. The quantitative estimate of drug-likeness (QED) is 0.238. The van der Waals surface area contributed by atoms with Crippen LogP contribution in [0.2, 0.25) is 0 Å². The van der Waals surface area contributed by atoms with Crippen molar-refractivity contribution in [3.8, 4) is 5.75 Å². The zero-order valence-electron chi connectivity index (χ0n) is 23.6. The largest absolute Gasteiger partial charge is 0.492 e. The zero-order valence-corrected chi connectivity index (χ0v) is 23.6. The van der Waals surface area contributed by atoms with Crippen molar-refractivity contribution in [1.29, 1.82) is 0 Å². The van der Waals surface area contributed by atoms with E-state index in [1.54, 1.807) is 42.3 Å². The molecule has 1 aromatic heterocycles. The predicted octanol–water partition coefficient (Wildman–Crippen LogP) is 4.91. The first kappa shape index (κ1) is 30.8. The third kappa shape index (κ3) is 7.47. The average molecular weight is 614 g/mol. The van der Waals surface area contributed by atoms with Crippen LogP contribution in [0.3, 0.4) is 0 Å². The SMILES string of the molecule is CN(CCOc1ccc([C@H](O)[C@@H](OCC(F)(F)F)C(=O)N2C(=O)OC[C@@H]2Cc2ccccc2)cc1)c1nc2ccccc2o1. The van der Waals surface area contributed by atoms with E-state index in [0.717, 1.165) is 16.0 Å². The maximum absolute atomic E-state index is 13.5. The number of ether oxygens (including phenoxy) is 3. The minimum absolute atomic E-state index is 0.0913. The molecule has 10 nitrogen and oxygen atoms in total. The van der Waals surface area contributed by atoms with Crippen LogP contribution in [-0.2, 0) is 20.7 Å². The molecule has 1 aliphatic rings. The summed E-state index contributed by atoms with van der Waals surface area (Å²) < 4.78 is 60.7. The lowest BCUT2D eigenvalue weighted by molar-refractivity contribution is -0.199. The number of aromatic nitrogens is 1. The van der Waals surface area contributed by atoms with E-state index >= 15 is 0 Å². The first-order valence-corrected chi connectivity index (χ1v) is 13.8. The van der Waals surface area contributed by atoms with Gasteiger partial charge in [-0.05, 0) is 41.8 Å². The molecule has 3 aromatic carbocycles. The number of carbonyl (C=O) groups excluding carboxylic acids is 2. The number of alkyl halides is 3. The van der Waals surface area contributed by atoms with Gasteiger partial charge in [0.05, 0.1) is 12.6 Å². The molecule has 1 aliphatic heterocycles. The summed E-state index contributed by atoms with van der Waals surface area (Å²) in [4.78, 5) is 32.9. The molecule has 1 N–H and O–H groups in total. The number of aliphatic hydroxyl groups excluding tert-OH is 1. The Bertz CT molecular complexity index is 1530. The van der Waals surface area contributed by atoms with Crippen molar-refractivity contribution in [3.05, 3.63) is 90.0 Å². The summed E-state index contributed by atoms with van der Waals surface area (Å²) in [6.45, 7) is -1.28. The van der Waals surface area contributed by atoms with E-state index in [9.17, 15) is 27.9 Å². The smallest absolute Gasteiger partial charge is 0.417 e. The second-order valence-corrected chi connectivity index (χ2v) is 10.2. The number of carbonyl (C=O) groups is 2. The highest BCUT2D eigenvalue weighted by molar-refractivity contribution is 5.96. The Morgan fingerprint density at radius 3 is 2.50 bits per heavy atom. The van der Waals surface area contributed by atoms with E-state index in [-0.39, 0.29) is 25.2 Å². The summed E-state index contributed by atoms with van der Waals surface area (Å²) in [5, 5.41) is 11.0. The molecule has 0 spiro atoms. The van der Waals surface area contributed by atoms with Crippen LogP contribution < -0.4 is 9.64 Å². The van der Waals surface area contributed by atoms with Crippen molar-refractivity contribution in [2.45, 2.75) is 30.8 Å². The minimum atomic E-state index is -4.78. The van der Waals surface area contributed by atoms with Crippen LogP contribution >= 0.6 is 0 Å². The molecule has 2 amide bonds. The molecule has 44 heavy (non-hydrogen) atoms. The molecule has 3 atom stereocenters. The molecule has 4 aromatic rings. The minimum Gasteiger partial charge on any atom is -0.492 e. The number of aliphatic hydroxyl groups is 1. The van der Waals surface area contributed by atoms with Crippen molar-refractivity contribution in [3.63, 3.8) is 0 Å². The Morgan fingerprint density at radius 1 is 1.09 bits per heavy atom. The number of benzene rings is 3. The first-order chi connectivity index (χ1) is 21.1. The van der Waals surface area contributed by atoms with Crippen molar-refractivity contribution in [1.82, 2.24) is 9.88 Å². The van der Waals surface area contributed by atoms with Gasteiger partial charge in [-0.15, -0.1) is 0 Å². The number of hydrogen-bond donors (Lipinski definition) is 1. The highest BCUT2D eigenvalue weighted by Crippen LogP contribution is 2.29. The molecule has 0 aliphatic carbocycles. The summed E-state index contributed by atoms with van der Waals surface area (Å²) >= 11 is 0. The fourth-order valence-electron chi connectivity index (χ4n) is 4.74. The molecule has 0 saturated carbocycles. The van der Waals surface area contributed by atoms with Gasteiger partial charge >= 0.3 is 12.3 Å². The molecule has 0 unspecified atom stereocenters. The standard InChI is InChI=1S/C31H30F3N3O7/c1-36(29-35-24-9-5-6-10-25(24)44-29)15-16-41-23-13-11-21(12-14-23)26(38)27(43-19-31(32,33)34)28(39)37-22(18-42-30(37)40)17-20-7-3-2-4-8-20/h2-14,22,26-27,38H,15-19H2,1H3/t22-,26-,27+/m0/s1. The maximum Gasteiger partial charge on any atom is 0.417 e. The fraction of sp³-hybridized carbons (Fsp3) is 0.323.